The van der Waals surface area contributed by atoms with E-state index in [1.54, 1.807) is 0 Å². The fraction of sp³-hybridized carbons (Fsp3) is 0.273. The molecule has 166 valence electrons. The van der Waals surface area contributed by atoms with E-state index in [1.165, 1.54) is 24.3 Å². The monoisotopic (exact) mass is 438 g/mol. The summed E-state index contributed by atoms with van der Waals surface area (Å²) in [5.74, 6) is 4.92. The minimum absolute atomic E-state index is 0.0740. The topological polar surface area (TPSA) is 169 Å². The predicted molar refractivity (Wildman–Crippen MR) is 118 cm³/mol. The van der Waals surface area contributed by atoms with Crippen molar-refractivity contribution in [3.63, 3.8) is 0 Å². The molecule has 10 heteroatoms. The number of nitrogen functional groups attached to an aromatic ring is 2. The number of aromatic carboxylic acids is 2. The molecule has 2 aromatic rings. The van der Waals surface area contributed by atoms with Gasteiger partial charge in [-0.05, 0) is 24.3 Å². The van der Waals surface area contributed by atoms with Gasteiger partial charge in [0.05, 0.1) is 34.6 Å². The number of ether oxygens (including phenoxy) is 2. The van der Waals surface area contributed by atoms with Gasteiger partial charge in [-0.15, -0.1) is 11.8 Å². The molecular weight excluding hydrogens is 416 g/mol. The quantitative estimate of drug-likeness (QED) is 0.307. The average Bonchev–Trinajstić information content (AvgIpc) is 2.76. The number of benzene rings is 2. The van der Waals surface area contributed by atoms with Crippen LogP contribution >= 0.6 is 0 Å². The van der Waals surface area contributed by atoms with Crippen LogP contribution in [0.5, 0.6) is 11.5 Å². The number of nitrogens with one attached hydrogen (secondary N) is 2. The van der Waals surface area contributed by atoms with E-state index >= 15 is 0 Å². The summed E-state index contributed by atoms with van der Waals surface area (Å²) in [6.07, 6.45) is 1.02. The van der Waals surface area contributed by atoms with Crippen molar-refractivity contribution in [1.29, 1.82) is 0 Å². The molecule has 0 bridgehead atoms. The van der Waals surface area contributed by atoms with Crippen LogP contribution in [0, 0.1) is 11.8 Å². The van der Waals surface area contributed by atoms with Crippen molar-refractivity contribution in [1.82, 2.24) is 0 Å². The van der Waals surface area contributed by atoms with E-state index < -0.39 is 11.9 Å². The van der Waals surface area contributed by atoms with E-state index in [9.17, 15) is 9.59 Å². The highest BCUT2D eigenvalue weighted by molar-refractivity contribution is 5.93. The minimum atomic E-state index is -1.07. The maximum Gasteiger partial charge on any atom is 0.335 e. The molecule has 0 aliphatic carbocycles. The molecule has 0 spiro atoms. The highest BCUT2D eigenvalue weighted by Crippen LogP contribution is 2.37. The zero-order chi connectivity index (χ0) is 22.8. The van der Waals surface area contributed by atoms with E-state index in [4.69, 9.17) is 31.2 Å². The largest absolute Gasteiger partial charge is 0.489 e. The van der Waals surface area contributed by atoms with Crippen molar-refractivity contribution in [3.05, 3.63) is 35.4 Å². The Hall–Kier alpha value is -4.26. The summed E-state index contributed by atoms with van der Waals surface area (Å²) in [7, 11) is 0. The molecule has 0 fully saturated rings. The van der Waals surface area contributed by atoms with Gasteiger partial charge in [0.15, 0.2) is 0 Å². The molecule has 2 unspecified atom stereocenters. The Morgan fingerprint density at radius 2 is 1.25 bits per heavy atom. The molecule has 2 heterocycles. The fourth-order valence-corrected chi connectivity index (χ4v) is 3.54. The number of hydrogen-bond donors (Lipinski definition) is 6. The third-order valence-corrected chi connectivity index (χ3v) is 5.16. The van der Waals surface area contributed by atoms with Crippen LogP contribution in [-0.4, -0.2) is 47.4 Å². The second-order valence-electron chi connectivity index (χ2n) is 7.55. The molecule has 10 nitrogen and oxygen atoms in total. The molecule has 32 heavy (non-hydrogen) atoms. The van der Waals surface area contributed by atoms with Crippen LogP contribution in [0.3, 0.4) is 0 Å². The normalized spacial score (nSPS) is 18.2. The van der Waals surface area contributed by atoms with Crippen LogP contribution in [-0.2, 0) is 0 Å². The van der Waals surface area contributed by atoms with Crippen LogP contribution in [0.25, 0.3) is 0 Å². The number of carboxylic acids is 2. The first kappa shape index (κ1) is 21.0. The Balaban J connectivity index is 1.34. The van der Waals surface area contributed by atoms with Crippen molar-refractivity contribution >= 4 is 34.7 Å². The van der Waals surface area contributed by atoms with Crippen molar-refractivity contribution < 1.29 is 29.3 Å². The van der Waals surface area contributed by atoms with E-state index in [2.05, 4.69) is 22.5 Å². The lowest BCUT2D eigenvalue weighted by molar-refractivity contribution is 0.0685. The van der Waals surface area contributed by atoms with Gasteiger partial charge >= 0.3 is 11.9 Å². The van der Waals surface area contributed by atoms with Crippen LogP contribution < -0.4 is 31.6 Å². The van der Waals surface area contributed by atoms with Crippen LogP contribution in [0.4, 0.5) is 22.7 Å². The van der Waals surface area contributed by atoms with E-state index in [1.807, 2.05) is 0 Å². The third-order valence-electron chi connectivity index (χ3n) is 5.16. The molecule has 0 radical (unpaired) electrons. The molecule has 2 aromatic carbocycles. The smallest absolute Gasteiger partial charge is 0.335 e. The number of carbonyl (C=O) groups is 2. The molecule has 0 aromatic heterocycles. The van der Waals surface area contributed by atoms with Crippen molar-refractivity contribution in [2.24, 2.45) is 0 Å². The van der Waals surface area contributed by atoms with Gasteiger partial charge in [-0.3, -0.25) is 0 Å². The van der Waals surface area contributed by atoms with E-state index in [0.717, 1.165) is 0 Å². The summed E-state index contributed by atoms with van der Waals surface area (Å²) >= 11 is 0. The van der Waals surface area contributed by atoms with Crippen molar-refractivity contribution in [2.45, 2.75) is 24.9 Å². The van der Waals surface area contributed by atoms with E-state index in [0.29, 0.717) is 60.3 Å². The van der Waals surface area contributed by atoms with Gasteiger partial charge in [-0.25, -0.2) is 9.59 Å². The fourth-order valence-electron chi connectivity index (χ4n) is 3.54. The van der Waals surface area contributed by atoms with Gasteiger partial charge < -0.3 is 41.8 Å². The molecule has 2 aliphatic heterocycles. The summed E-state index contributed by atoms with van der Waals surface area (Å²) in [4.78, 5) is 22.3. The molecule has 0 saturated heterocycles. The zero-order valence-electron chi connectivity index (χ0n) is 17.0. The van der Waals surface area contributed by atoms with Crippen LogP contribution in [0.1, 0.15) is 33.6 Å². The number of rotatable bonds is 4. The predicted octanol–water partition coefficient (Wildman–Crippen LogP) is 2.08. The number of hydrogen-bond acceptors (Lipinski definition) is 8. The summed E-state index contributed by atoms with van der Waals surface area (Å²) in [6.45, 7) is 0.676. The van der Waals surface area contributed by atoms with Crippen LogP contribution in [0.15, 0.2) is 24.3 Å². The lowest BCUT2D eigenvalue weighted by Gasteiger charge is -2.28. The number of nitrogens with two attached hydrogens (primary N) is 2. The lowest BCUT2D eigenvalue weighted by atomic mass is 10.1. The van der Waals surface area contributed by atoms with Crippen molar-refractivity contribution in [2.75, 3.05) is 35.3 Å². The van der Waals surface area contributed by atoms with E-state index in [-0.39, 0.29) is 23.2 Å². The minimum Gasteiger partial charge on any atom is -0.489 e. The molecular formula is C22H22N4O6. The maximum absolute atomic E-state index is 11.1. The Labute approximate surface area is 183 Å². The Bertz CT molecular complexity index is 1070. The Morgan fingerprint density at radius 3 is 1.62 bits per heavy atom. The highest BCUT2D eigenvalue weighted by atomic mass is 16.5. The van der Waals surface area contributed by atoms with Gasteiger partial charge in [-0.1, -0.05) is 0 Å². The SMILES string of the molecule is Nc1cc(C(=O)O)cc2c1NC(CC#CCC1COc3cc(C(=O)O)cc(N)c3N1)CO2. The number of fused-ring (bicyclic) bond motifs is 2. The van der Waals surface area contributed by atoms with Crippen LogP contribution in [0.2, 0.25) is 0 Å². The molecule has 0 saturated carbocycles. The molecule has 4 rings (SSSR count). The van der Waals surface area contributed by atoms with Crippen molar-refractivity contribution in [3.8, 4) is 23.3 Å². The average molecular weight is 438 g/mol. The maximum atomic E-state index is 11.1. The highest BCUT2D eigenvalue weighted by Gasteiger charge is 2.24. The lowest BCUT2D eigenvalue weighted by Crippen LogP contribution is -2.32. The number of carboxylic acid groups (broad SMARTS) is 2. The first-order valence-electron chi connectivity index (χ1n) is 9.90. The standard InChI is InChI=1S/C22H22N4O6/c23-15-5-11(21(27)28)7-17-19(15)25-13(9-31-17)3-1-2-4-14-10-32-18-8-12(22(29)30)6-16(24)20(18)26-14/h5-8,13-14,25-26H,3-4,9-10,23-24H2,(H,27,28)(H,29,30). The van der Waals surface area contributed by atoms with Gasteiger partial charge in [0.1, 0.15) is 36.1 Å². The van der Waals surface area contributed by atoms with Gasteiger partial charge in [0.25, 0.3) is 0 Å². The second-order valence-corrected chi connectivity index (χ2v) is 7.55. The Kier molecular flexibility index (Phi) is 5.55. The summed E-state index contributed by atoms with van der Waals surface area (Å²) in [6, 6.07) is 5.50. The molecule has 2 aliphatic rings. The second kappa shape index (κ2) is 8.47. The van der Waals surface area contributed by atoms with Gasteiger partial charge in [-0.2, -0.15) is 0 Å². The molecule has 2 atom stereocenters. The van der Waals surface area contributed by atoms with Gasteiger partial charge in [0, 0.05) is 12.8 Å². The van der Waals surface area contributed by atoms with Gasteiger partial charge in [0.2, 0.25) is 0 Å². The number of anilines is 4. The summed E-state index contributed by atoms with van der Waals surface area (Å²) < 4.78 is 11.3. The first-order chi connectivity index (χ1) is 15.3. The summed E-state index contributed by atoms with van der Waals surface area (Å²) in [5.41, 5.74) is 13.8. The summed E-state index contributed by atoms with van der Waals surface area (Å²) in [5, 5.41) is 24.8. The third kappa shape index (κ3) is 4.27. The zero-order valence-corrected chi connectivity index (χ0v) is 17.0. The first-order valence-corrected chi connectivity index (χ1v) is 9.90. The molecule has 0 amide bonds. The Morgan fingerprint density at radius 1 is 0.844 bits per heavy atom. The molecule has 8 N–H and O–H groups in total.